The van der Waals surface area contributed by atoms with Crippen LogP contribution in [0.4, 0.5) is 5.69 Å². The lowest BCUT2D eigenvalue weighted by Crippen LogP contribution is -2.40. The number of nitrogens with one attached hydrogen (secondary N) is 1. The first-order chi connectivity index (χ1) is 10.8. The van der Waals surface area contributed by atoms with E-state index in [-0.39, 0.29) is 11.3 Å². The fraction of sp³-hybridized carbons (Fsp3) is 0.316. The molecule has 0 saturated heterocycles. The molecule has 0 aromatic heterocycles. The topological polar surface area (TPSA) is 32.3 Å². The second-order valence-corrected chi connectivity index (χ2v) is 6.26. The molecule has 1 saturated carbocycles. The number of fused-ring (bicyclic) bond motifs is 1. The Kier molecular flexibility index (Phi) is 3.14. The summed E-state index contributed by atoms with van der Waals surface area (Å²) in [5.41, 5.74) is 3.27. The van der Waals surface area contributed by atoms with Gasteiger partial charge in [-0.2, -0.15) is 0 Å². The fourth-order valence-corrected chi connectivity index (χ4v) is 3.43. The zero-order valence-electron chi connectivity index (χ0n) is 12.6. The highest BCUT2D eigenvalue weighted by molar-refractivity contribution is 5.91. The maximum Gasteiger partial charge on any atom is 0.233 e. The van der Waals surface area contributed by atoms with E-state index in [9.17, 15) is 4.79 Å². The molecule has 22 heavy (non-hydrogen) atoms. The zero-order valence-corrected chi connectivity index (χ0v) is 12.6. The lowest BCUT2D eigenvalue weighted by Gasteiger charge is -2.26. The number of hydrogen-bond donors (Lipinski definition) is 1. The van der Waals surface area contributed by atoms with E-state index in [1.807, 2.05) is 35.2 Å². The fourth-order valence-electron chi connectivity index (χ4n) is 3.43. The van der Waals surface area contributed by atoms with Crippen LogP contribution in [-0.4, -0.2) is 23.9 Å². The first-order valence-electron chi connectivity index (χ1n) is 7.96. The Morgan fingerprint density at radius 1 is 1.00 bits per heavy atom. The third-order valence-electron chi connectivity index (χ3n) is 4.85. The molecule has 1 aliphatic heterocycles. The van der Waals surface area contributed by atoms with Gasteiger partial charge in [0, 0.05) is 25.3 Å². The monoisotopic (exact) mass is 292 g/mol. The van der Waals surface area contributed by atoms with E-state index in [2.05, 4.69) is 29.6 Å². The lowest BCUT2D eigenvalue weighted by molar-refractivity contribution is -0.134. The molecule has 1 amide bonds. The first kappa shape index (κ1) is 13.4. The standard InChI is InChI=1S/C19H20N2O/c22-18(19(10-11-19)16-7-2-1-3-8-16)21-13-12-20-17-9-5-4-6-15(17)14-21/h1-9,20H,10-14H2. The highest BCUT2D eigenvalue weighted by atomic mass is 16.2. The minimum absolute atomic E-state index is 0.263. The van der Waals surface area contributed by atoms with Crippen LogP contribution in [0.25, 0.3) is 0 Å². The molecule has 3 nitrogen and oxygen atoms in total. The molecule has 4 rings (SSSR count). The Morgan fingerprint density at radius 3 is 2.50 bits per heavy atom. The number of carbonyl (C=O) groups is 1. The highest BCUT2D eigenvalue weighted by Crippen LogP contribution is 2.49. The van der Waals surface area contributed by atoms with Crippen molar-refractivity contribution in [2.75, 3.05) is 18.4 Å². The van der Waals surface area contributed by atoms with Crippen LogP contribution in [0, 0.1) is 0 Å². The van der Waals surface area contributed by atoms with E-state index < -0.39 is 0 Å². The lowest BCUT2D eigenvalue weighted by atomic mass is 9.94. The quantitative estimate of drug-likeness (QED) is 0.922. The van der Waals surface area contributed by atoms with Crippen molar-refractivity contribution in [1.29, 1.82) is 0 Å². The van der Waals surface area contributed by atoms with Gasteiger partial charge in [-0.3, -0.25) is 4.79 Å². The molecule has 2 aromatic rings. The summed E-state index contributed by atoms with van der Waals surface area (Å²) in [4.78, 5) is 15.2. The molecule has 2 aliphatic rings. The molecular weight excluding hydrogens is 272 g/mol. The van der Waals surface area contributed by atoms with E-state index >= 15 is 0 Å². The summed E-state index contributed by atoms with van der Waals surface area (Å²) in [6.07, 6.45) is 1.95. The number of benzene rings is 2. The van der Waals surface area contributed by atoms with Crippen molar-refractivity contribution in [3.05, 3.63) is 65.7 Å². The van der Waals surface area contributed by atoms with Crippen LogP contribution < -0.4 is 5.32 Å². The van der Waals surface area contributed by atoms with E-state index in [4.69, 9.17) is 0 Å². The number of amides is 1. The van der Waals surface area contributed by atoms with Crippen LogP contribution in [0.2, 0.25) is 0 Å². The van der Waals surface area contributed by atoms with Gasteiger partial charge in [-0.05, 0) is 30.0 Å². The molecule has 0 spiro atoms. The van der Waals surface area contributed by atoms with Gasteiger partial charge in [0.2, 0.25) is 5.91 Å². The summed E-state index contributed by atoms with van der Waals surface area (Å²) in [7, 11) is 0. The Bertz CT molecular complexity index is 692. The second-order valence-electron chi connectivity index (χ2n) is 6.26. The molecular formula is C19H20N2O. The first-order valence-corrected chi connectivity index (χ1v) is 7.96. The summed E-state index contributed by atoms with van der Waals surface area (Å²) >= 11 is 0. The number of rotatable bonds is 2. The average Bonchev–Trinajstić information content (AvgIpc) is 3.39. The van der Waals surface area contributed by atoms with Gasteiger partial charge in [0.05, 0.1) is 5.41 Å². The molecule has 0 unspecified atom stereocenters. The van der Waals surface area contributed by atoms with Crippen LogP contribution in [0.3, 0.4) is 0 Å². The molecule has 0 bridgehead atoms. The molecule has 2 aromatic carbocycles. The van der Waals surface area contributed by atoms with Crippen LogP contribution >= 0.6 is 0 Å². The zero-order chi connectivity index (χ0) is 15.0. The molecule has 1 aliphatic carbocycles. The van der Waals surface area contributed by atoms with Crippen LogP contribution in [-0.2, 0) is 16.8 Å². The summed E-state index contributed by atoms with van der Waals surface area (Å²) < 4.78 is 0. The van der Waals surface area contributed by atoms with Gasteiger partial charge in [-0.1, -0.05) is 48.5 Å². The number of anilines is 1. The van der Waals surface area contributed by atoms with Crippen LogP contribution in [0.5, 0.6) is 0 Å². The number of hydrogen-bond acceptors (Lipinski definition) is 2. The summed E-state index contributed by atoms with van der Waals surface area (Å²) in [6.45, 7) is 2.28. The smallest absolute Gasteiger partial charge is 0.233 e. The Hall–Kier alpha value is -2.29. The van der Waals surface area contributed by atoms with E-state index in [1.165, 1.54) is 11.1 Å². The van der Waals surface area contributed by atoms with E-state index in [0.29, 0.717) is 6.54 Å². The Morgan fingerprint density at radius 2 is 1.73 bits per heavy atom. The van der Waals surface area contributed by atoms with Crippen molar-refractivity contribution in [3.8, 4) is 0 Å². The van der Waals surface area contributed by atoms with Crippen molar-refractivity contribution in [3.63, 3.8) is 0 Å². The number of carbonyl (C=O) groups excluding carboxylic acids is 1. The maximum atomic E-state index is 13.1. The molecule has 112 valence electrons. The van der Waals surface area contributed by atoms with Crippen LogP contribution in [0.1, 0.15) is 24.0 Å². The van der Waals surface area contributed by atoms with Gasteiger partial charge in [0.25, 0.3) is 0 Å². The molecule has 0 radical (unpaired) electrons. The van der Waals surface area contributed by atoms with Gasteiger partial charge in [-0.25, -0.2) is 0 Å². The normalized spacial score (nSPS) is 18.8. The molecule has 1 heterocycles. The van der Waals surface area contributed by atoms with Crippen LogP contribution in [0.15, 0.2) is 54.6 Å². The minimum Gasteiger partial charge on any atom is -0.383 e. The third-order valence-corrected chi connectivity index (χ3v) is 4.85. The second kappa shape index (κ2) is 5.16. The Balaban J connectivity index is 1.61. The van der Waals surface area contributed by atoms with Gasteiger partial charge < -0.3 is 10.2 Å². The predicted octanol–water partition coefficient (Wildman–Crippen LogP) is 3.17. The number of nitrogens with zero attached hydrogens (tertiary/aromatic N) is 1. The molecule has 0 atom stereocenters. The van der Waals surface area contributed by atoms with E-state index in [0.717, 1.165) is 31.6 Å². The number of para-hydroxylation sites is 1. The summed E-state index contributed by atoms with van der Waals surface area (Å²) in [5, 5.41) is 3.43. The molecule has 1 N–H and O–H groups in total. The van der Waals surface area contributed by atoms with Crippen molar-refractivity contribution >= 4 is 11.6 Å². The summed E-state index contributed by atoms with van der Waals surface area (Å²) in [6, 6.07) is 18.5. The van der Waals surface area contributed by atoms with Crippen molar-refractivity contribution in [2.45, 2.75) is 24.8 Å². The van der Waals surface area contributed by atoms with Gasteiger partial charge in [0.15, 0.2) is 0 Å². The SMILES string of the molecule is O=C(N1CCNc2ccccc2C1)C1(c2ccccc2)CC1. The molecule has 3 heteroatoms. The minimum atomic E-state index is -0.263. The van der Waals surface area contributed by atoms with E-state index in [1.54, 1.807) is 0 Å². The van der Waals surface area contributed by atoms with Crippen molar-refractivity contribution < 1.29 is 4.79 Å². The highest BCUT2D eigenvalue weighted by Gasteiger charge is 2.52. The maximum absolute atomic E-state index is 13.1. The third kappa shape index (κ3) is 2.17. The van der Waals surface area contributed by atoms with Crippen molar-refractivity contribution in [1.82, 2.24) is 4.90 Å². The predicted molar refractivity (Wildman–Crippen MR) is 87.7 cm³/mol. The largest absolute Gasteiger partial charge is 0.383 e. The van der Waals surface area contributed by atoms with Crippen molar-refractivity contribution in [2.24, 2.45) is 0 Å². The average molecular weight is 292 g/mol. The Labute approximate surface area is 131 Å². The molecule has 1 fully saturated rings. The van der Waals surface area contributed by atoms with Gasteiger partial charge in [0.1, 0.15) is 0 Å². The van der Waals surface area contributed by atoms with Gasteiger partial charge in [-0.15, -0.1) is 0 Å². The summed E-state index contributed by atoms with van der Waals surface area (Å²) in [5.74, 6) is 0.289. The van der Waals surface area contributed by atoms with Gasteiger partial charge >= 0.3 is 0 Å².